The van der Waals surface area contributed by atoms with Gasteiger partial charge in [-0.05, 0) is 65.2 Å². The zero-order valence-electron chi connectivity index (χ0n) is 22.9. The molecule has 1 atom stereocenters. The first-order valence-electron chi connectivity index (χ1n) is 13.1. The number of nitrogens with zero attached hydrogens (tertiary/aromatic N) is 4. The number of halogens is 1. The number of piperidine rings is 1. The Kier molecular flexibility index (Phi) is 8.36. The highest BCUT2D eigenvalue weighted by Gasteiger charge is 2.36. The fraction of sp³-hybridized carbons (Fsp3) is 0.393. The van der Waals surface area contributed by atoms with Gasteiger partial charge in [0.05, 0.1) is 12.6 Å². The number of carbonyl (C=O) groups is 3. The summed E-state index contributed by atoms with van der Waals surface area (Å²) in [6.45, 7) is 7.65. The van der Waals surface area contributed by atoms with Crippen LogP contribution in [0.2, 0.25) is 0 Å². The van der Waals surface area contributed by atoms with Crippen molar-refractivity contribution in [1.29, 1.82) is 0 Å². The lowest BCUT2D eigenvalue weighted by Gasteiger charge is -2.36. The van der Waals surface area contributed by atoms with E-state index in [0.717, 1.165) is 18.9 Å². The maximum absolute atomic E-state index is 13.5. The molecule has 1 aliphatic rings. The molecule has 0 radical (unpaired) electrons. The molecule has 3 aromatic rings. The van der Waals surface area contributed by atoms with Gasteiger partial charge in [0.1, 0.15) is 22.9 Å². The summed E-state index contributed by atoms with van der Waals surface area (Å²) in [5, 5.41) is 2.54. The van der Waals surface area contributed by atoms with Gasteiger partial charge in [0.2, 0.25) is 0 Å². The third-order valence-electron chi connectivity index (χ3n) is 6.22. The minimum atomic E-state index is -0.683. The average Bonchev–Trinajstić information content (AvgIpc) is 3.25. The SMILES string of the molecule is CCOC(=O)c1c(-c2ccc(C(=O)Nc3cc(F)ccn3)cc2)nc(C2CCCCN2C(=O)OC(C)(C)C)n1N. The number of nitrogen functional groups attached to an aromatic ring is 1. The van der Waals surface area contributed by atoms with E-state index < -0.39 is 35.4 Å². The van der Waals surface area contributed by atoms with E-state index in [4.69, 9.17) is 20.3 Å². The predicted molar refractivity (Wildman–Crippen MR) is 145 cm³/mol. The van der Waals surface area contributed by atoms with Gasteiger partial charge in [-0.2, -0.15) is 0 Å². The Morgan fingerprint density at radius 3 is 2.52 bits per heavy atom. The molecular weight excluding hydrogens is 519 g/mol. The molecule has 2 aromatic heterocycles. The monoisotopic (exact) mass is 552 g/mol. The van der Waals surface area contributed by atoms with Crippen molar-refractivity contribution in [1.82, 2.24) is 19.5 Å². The van der Waals surface area contributed by atoms with Gasteiger partial charge in [-0.3, -0.25) is 9.69 Å². The highest BCUT2D eigenvalue weighted by atomic mass is 19.1. The van der Waals surface area contributed by atoms with Crippen molar-refractivity contribution >= 4 is 23.8 Å². The second kappa shape index (κ2) is 11.7. The van der Waals surface area contributed by atoms with E-state index >= 15 is 0 Å². The molecule has 2 amide bonds. The minimum Gasteiger partial charge on any atom is -0.461 e. The molecule has 212 valence electrons. The number of hydrogen-bond acceptors (Lipinski definition) is 8. The number of ether oxygens (including phenoxy) is 2. The van der Waals surface area contributed by atoms with Crippen LogP contribution in [0.25, 0.3) is 11.3 Å². The Balaban J connectivity index is 1.68. The van der Waals surface area contributed by atoms with Crippen molar-refractivity contribution in [2.75, 3.05) is 24.3 Å². The van der Waals surface area contributed by atoms with Gasteiger partial charge in [0, 0.05) is 29.9 Å². The molecule has 12 heteroatoms. The Morgan fingerprint density at radius 1 is 1.15 bits per heavy atom. The summed E-state index contributed by atoms with van der Waals surface area (Å²) in [6, 6.07) is 8.10. The van der Waals surface area contributed by atoms with Gasteiger partial charge in [-0.15, -0.1) is 0 Å². The average molecular weight is 553 g/mol. The van der Waals surface area contributed by atoms with E-state index in [2.05, 4.69) is 10.3 Å². The molecule has 0 bridgehead atoms. The van der Waals surface area contributed by atoms with E-state index in [1.165, 1.54) is 16.9 Å². The van der Waals surface area contributed by atoms with Gasteiger partial charge in [0.15, 0.2) is 11.5 Å². The number of anilines is 1. The number of esters is 1. The molecule has 0 spiro atoms. The number of likely N-dealkylation sites (tertiary alicyclic amines) is 1. The zero-order valence-corrected chi connectivity index (χ0v) is 22.9. The minimum absolute atomic E-state index is 0.0210. The summed E-state index contributed by atoms with van der Waals surface area (Å²) in [6.07, 6.45) is 2.99. The van der Waals surface area contributed by atoms with Crippen LogP contribution in [-0.4, -0.2) is 56.3 Å². The number of nitrogens with one attached hydrogen (secondary N) is 1. The van der Waals surface area contributed by atoms with Crippen molar-refractivity contribution in [3.05, 3.63) is 65.5 Å². The summed E-state index contributed by atoms with van der Waals surface area (Å²) < 4.78 is 25.5. The molecule has 1 aromatic carbocycles. The third kappa shape index (κ3) is 6.38. The van der Waals surface area contributed by atoms with Crippen LogP contribution in [-0.2, 0) is 9.47 Å². The first-order chi connectivity index (χ1) is 19.0. The third-order valence-corrected chi connectivity index (χ3v) is 6.22. The summed E-state index contributed by atoms with van der Waals surface area (Å²) in [5.74, 6) is 5.16. The van der Waals surface area contributed by atoms with E-state index in [-0.39, 0.29) is 29.4 Å². The Labute approximate surface area is 231 Å². The molecule has 1 aliphatic heterocycles. The molecule has 0 aliphatic carbocycles. The summed E-state index contributed by atoms with van der Waals surface area (Å²) in [7, 11) is 0. The number of aromatic nitrogens is 3. The zero-order chi connectivity index (χ0) is 29.0. The van der Waals surface area contributed by atoms with Crippen molar-refractivity contribution in [3.8, 4) is 11.3 Å². The number of imidazole rings is 1. The van der Waals surface area contributed by atoms with Crippen LogP contribution >= 0.6 is 0 Å². The summed E-state index contributed by atoms with van der Waals surface area (Å²) in [4.78, 5) is 48.9. The molecule has 11 nitrogen and oxygen atoms in total. The summed E-state index contributed by atoms with van der Waals surface area (Å²) in [5.41, 5.74) is 0.381. The smallest absolute Gasteiger partial charge is 0.410 e. The second-order valence-corrected chi connectivity index (χ2v) is 10.3. The number of benzene rings is 1. The maximum atomic E-state index is 13.5. The molecule has 1 saturated heterocycles. The molecule has 3 N–H and O–H groups in total. The van der Waals surface area contributed by atoms with Crippen LogP contribution in [0.4, 0.5) is 15.0 Å². The normalized spacial score (nSPS) is 15.4. The van der Waals surface area contributed by atoms with E-state index in [1.807, 2.05) is 0 Å². The quantitative estimate of drug-likeness (QED) is 0.331. The largest absolute Gasteiger partial charge is 0.461 e. The van der Waals surface area contributed by atoms with Crippen LogP contribution in [0, 0.1) is 5.82 Å². The Hall–Kier alpha value is -4.48. The second-order valence-electron chi connectivity index (χ2n) is 10.3. The lowest BCUT2D eigenvalue weighted by Crippen LogP contribution is -2.43. The number of hydrogen-bond donors (Lipinski definition) is 2. The maximum Gasteiger partial charge on any atom is 0.410 e. The number of rotatable bonds is 6. The number of nitrogens with two attached hydrogens (primary N) is 1. The van der Waals surface area contributed by atoms with E-state index in [1.54, 1.807) is 56.9 Å². The standard InChI is InChI=1S/C28H33FN6O5/c1-5-39-26(37)23-22(17-9-11-18(12-10-17)25(36)32-21-16-19(29)13-14-31-21)33-24(35(23)30)20-8-6-7-15-34(20)27(38)40-28(2,3)4/h9-14,16,20H,5-8,15,30H2,1-4H3,(H,31,32,36). The summed E-state index contributed by atoms with van der Waals surface area (Å²) >= 11 is 0. The molecule has 4 rings (SSSR count). The van der Waals surface area contributed by atoms with Crippen LogP contribution < -0.4 is 11.2 Å². The first kappa shape index (κ1) is 28.5. The fourth-order valence-corrected chi connectivity index (χ4v) is 4.46. The lowest BCUT2D eigenvalue weighted by molar-refractivity contribution is 0.00820. The van der Waals surface area contributed by atoms with Gasteiger partial charge < -0.3 is 20.6 Å². The fourth-order valence-electron chi connectivity index (χ4n) is 4.46. The predicted octanol–water partition coefficient (Wildman–Crippen LogP) is 4.69. The number of carbonyl (C=O) groups excluding carboxylic acids is 3. The highest BCUT2D eigenvalue weighted by Crippen LogP contribution is 2.35. The Bertz CT molecular complexity index is 1400. The number of amides is 2. The van der Waals surface area contributed by atoms with E-state index in [0.29, 0.717) is 24.4 Å². The van der Waals surface area contributed by atoms with Gasteiger partial charge in [-0.1, -0.05) is 12.1 Å². The van der Waals surface area contributed by atoms with Crippen LogP contribution in [0.5, 0.6) is 0 Å². The van der Waals surface area contributed by atoms with E-state index in [9.17, 15) is 18.8 Å². The van der Waals surface area contributed by atoms with Crippen molar-refractivity contribution < 1.29 is 28.2 Å². The Morgan fingerprint density at radius 2 is 1.88 bits per heavy atom. The van der Waals surface area contributed by atoms with Crippen LogP contribution in [0.3, 0.4) is 0 Å². The van der Waals surface area contributed by atoms with Gasteiger partial charge >= 0.3 is 12.1 Å². The van der Waals surface area contributed by atoms with Gasteiger partial charge in [-0.25, -0.2) is 28.6 Å². The van der Waals surface area contributed by atoms with Crippen molar-refractivity contribution in [3.63, 3.8) is 0 Å². The molecule has 1 fully saturated rings. The molecule has 40 heavy (non-hydrogen) atoms. The first-order valence-corrected chi connectivity index (χ1v) is 13.1. The van der Waals surface area contributed by atoms with Crippen LogP contribution in [0.1, 0.15) is 79.7 Å². The molecule has 3 heterocycles. The van der Waals surface area contributed by atoms with Crippen LogP contribution in [0.15, 0.2) is 42.6 Å². The van der Waals surface area contributed by atoms with Gasteiger partial charge in [0.25, 0.3) is 5.91 Å². The molecule has 0 saturated carbocycles. The molecule has 1 unspecified atom stereocenters. The van der Waals surface area contributed by atoms with Crippen molar-refractivity contribution in [2.45, 2.75) is 58.6 Å². The highest BCUT2D eigenvalue weighted by molar-refractivity contribution is 6.04. The molecular formula is C28H33FN6O5. The lowest BCUT2D eigenvalue weighted by atomic mass is 10.0. The van der Waals surface area contributed by atoms with Crippen molar-refractivity contribution in [2.24, 2.45) is 0 Å². The number of pyridine rings is 1. The topological polar surface area (TPSA) is 142 Å².